The van der Waals surface area contributed by atoms with Crippen molar-refractivity contribution >= 4 is 11.8 Å². The molecule has 0 spiro atoms. The van der Waals surface area contributed by atoms with E-state index >= 15 is 0 Å². The van der Waals surface area contributed by atoms with E-state index in [4.69, 9.17) is 5.11 Å². The molecule has 2 N–H and O–H groups in total. The van der Waals surface area contributed by atoms with Crippen molar-refractivity contribution in [3.63, 3.8) is 0 Å². The number of hydrogen-bond acceptors (Lipinski definition) is 4. The summed E-state index contributed by atoms with van der Waals surface area (Å²) >= 11 is 0.491. The van der Waals surface area contributed by atoms with E-state index < -0.39 is 51.8 Å². The van der Waals surface area contributed by atoms with Crippen LogP contribution in [-0.2, 0) is 5.75 Å². The van der Waals surface area contributed by atoms with Crippen molar-refractivity contribution in [3.05, 3.63) is 51.1 Å². The Morgan fingerprint density at radius 2 is 1.57 bits per heavy atom. The molecule has 10 heteroatoms. The Kier molecular flexibility index (Phi) is 4.16. The van der Waals surface area contributed by atoms with E-state index in [9.17, 15) is 26.7 Å². The zero-order valence-electron chi connectivity index (χ0n) is 9.89. The van der Waals surface area contributed by atoms with Crippen LogP contribution >= 0.6 is 11.8 Å². The molecule has 0 saturated heterocycles. The number of nitrogens with zero attached hydrogens (tertiary/aromatic N) is 1. The van der Waals surface area contributed by atoms with Gasteiger partial charge in [-0.3, -0.25) is 4.79 Å². The van der Waals surface area contributed by atoms with Crippen molar-refractivity contribution in [2.24, 2.45) is 0 Å². The predicted molar refractivity (Wildman–Crippen MR) is 62.3 cm³/mol. The molecule has 0 fully saturated rings. The standard InChI is InChI=1S/C11H5F5N2O2S/c12-6-3(7(13)9(15)10(16)8(6)14)2-21-11-17-4(19)1-5(20)18-11/h1H,2H2,(H2,17,18,19,20). The molecule has 4 nitrogen and oxygen atoms in total. The normalized spacial score (nSPS) is 10.9. The molecular formula is C11H5F5N2O2S. The number of aromatic nitrogens is 2. The highest BCUT2D eigenvalue weighted by Gasteiger charge is 2.25. The third-order valence-electron chi connectivity index (χ3n) is 2.36. The Bertz CT molecular complexity index is 736. The molecule has 0 bridgehead atoms. The van der Waals surface area contributed by atoms with Crippen LogP contribution in [0.3, 0.4) is 0 Å². The Morgan fingerprint density at radius 3 is 2.10 bits per heavy atom. The molecule has 112 valence electrons. The molecule has 0 radical (unpaired) electrons. The van der Waals surface area contributed by atoms with E-state index in [1.54, 1.807) is 0 Å². The third-order valence-corrected chi connectivity index (χ3v) is 3.26. The minimum absolute atomic E-state index is 0.232. The third kappa shape index (κ3) is 2.99. The lowest BCUT2D eigenvalue weighted by Gasteiger charge is -2.07. The highest BCUT2D eigenvalue weighted by atomic mass is 32.2. The molecule has 1 heterocycles. The first kappa shape index (κ1) is 15.3. The van der Waals surface area contributed by atoms with Gasteiger partial charge in [-0.05, 0) is 0 Å². The Labute approximate surface area is 117 Å². The monoisotopic (exact) mass is 324 g/mol. The average molecular weight is 324 g/mol. The molecule has 0 unspecified atom stereocenters. The van der Waals surface area contributed by atoms with E-state index in [1.165, 1.54) is 0 Å². The topological polar surface area (TPSA) is 66.0 Å². The zero-order chi connectivity index (χ0) is 15.7. The predicted octanol–water partition coefficient (Wildman–Crippen LogP) is 2.46. The maximum absolute atomic E-state index is 13.4. The fourth-order valence-corrected chi connectivity index (χ4v) is 2.27. The van der Waals surface area contributed by atoms with Crippen LogP contribution in [0.1, 0.15) is 5.56 Å². The number of thioether (sulfide) groups is 1. The summed E-state index contributed by atoms with van der Waals surface area (Å²) in [5.74, 6) is -11.6. The van der Waals surface area contributed by atoms with Gasteiger partial charge in [0.05, 0.1) is 6.07 Å². The molecule has 1 aromatic carbocycles. The summed E-state index contributed by atoms with van der Waals surface area (Å²) in [6.45, 7) is 0. The van der Waals surface area contributed by atoms with Crippen LogP contribution in [0.2, 0.25) is 0 Å². The van der Waals surface area contributed by atoms with Crippen molar-refractivity contribution in [1.82, 2.24) is 9.97 Å². The van der Waals surface area contributed by atoms with Crippen LogP contribution in [0, 0.1) is 29.1 Å². The van der Waals surface area contributed by atoms with Crippen LogP contribution in [0.5, 0.6) is 5.88 Å². The van der Waals surface area contributed by atoms with Crippen LogP contribution in [0.15, 0.2) is 16.0 Å². The van der Waals surface area contributed by atoms with Crippen LogP contribution in [0.4, 0.5) is 22.0 Å². The lowest BCUT2D eigenvalue weighted by Crippen LogP contribution is -2.08. The Morgan fingerprint density at radius 1 is 1.05 bits per heavy atom. The number of aromatic amines is 1. The van der Waals surface area contributed by atoms with Gasteiger partial charge in [-0.1, -0.05) is 11.8 Å². The molecule has 2 rings (SSSR count). The van der Waals surface area contributed by atoms with Gasteiger partial charge in [0.2, 0.25) is 11.7 Å². The van der Waals surface area contributed by atoms with Crippen molar-refractivity contribution in [2.75, 3.05) is 0 Å². The number of aromatic hydroxyl groups is 1. The second kappa shape index (κ2) is 5.72. The Balaban J connectivity index is 2.34. The summed E-state index contributed by atoms with van der Waals surface area (Å²) in [6.07, 6.45) is 0. The van der Waals surface area contributed by atoms with Crippen LogP contribution in [-0.4, -0.2) is 15.1 Å². The maximum Gasteiger partial charge on any atom is 0.255 e. The van der Waals surface area contributed by atoms with E-state index in [1.807, 2.05) is 0 Å². The molecular weight excluding hydrogens is 319 g/mol. The fourth-order valence-electron chi connectivity index (χ4n) is 1.41. The van der Waals surface area contributed by atoms with Crippen molar-refractivity contribution < 1.29 is 27.1 Å². The summed E-state index contributed by atoms with van der Waals surface area (Å²) in [4.78, 5) is 16.6. The number of benzene rings is 1. The molecule has 0 aliphatic rings. The zero-order valence-corrected chi connectivity index (χ0v) is 10.7. The van der Waals surface area contributed by atoms with Crippen molar-refractivity contribution in [3.8, 4) is 5.88 Å². The fraction of sp³-hybridized carbons (Fsp3) is 0.0909. The van der Waals surface area contributed by atoms with E-state index in [-0.39, 0.29) is 5.16 Å². The summed E-state index contributed by atoms with van der Waals surface area (Å²) in [5.41, 5.74) is -1.79. The number of nitrogens with one attached hydrogen (secondary N) is 1. The van der Waals surface area contributed by atoms with Gasteiger partial charge in [-0.15, -0.1) is 0 Å². The van der Waals surface area contributed by atoms with E-state index in [0.29, 0.717) is 11.8 Å². The molecule has 1 aromatic heterocycles. The van der Waals surface area contributed by atoms with Gasteiger partial charge in [-0.25, -0.2) is 22.0 Å². The first-order valence-corrected chi connectivity index (χ1v) is 6.23. The van der Waals surface area contributed by atoms with Gasteiger partial charge >= 0.3 is 0 Å². The van der Waals surface area contributed by atoms with E-state index in [2.05, 4.69) is 9.97 Å². The first-order valence-electron chi connectivity index (χ1n) is 5.24. The largest absolute Gasteiger partial charge is 0.493 e. The van der Waals surface area contributed by atoms with Gasteiger partial charge < -0.3 is 10.1 Å². The minimum Gasteiger partial charge on any atom is -0.493 e. The highest BCUT2D eigenvalue weighted by Crippen LogP contribution is 2.28. The molecule has 21 heavy (non-hydrogen) atoms. The number of hydrogen-bond donors (Lipinski definition) is 2. The summed E-state index contributed by atoms with van der Waals surface area (Å²) < 4.78 is 65.6. The van der Waals surface area contributed by atoms with Gasteiger partial charge in [0, 0.05) is 11.3 Å². The maximum atomic E-state index is 13.4. The van der Waals surface area contributed by atoms with Gasteiger partial charge in [0.1, 0.15) is 0 Å². The van der Waals surface area contributed by atoms with Gasteiger partial charge in [0.15, 0.2) is 28.4 Å². The molecule has 0 amide bonds. The smallest absolute Gasteiger partial charge is 0.255 e. The molecule has 0 aliphatic carbocycles. The molecule has 2 aromatic rings. The quantitative estimate of drug-likeness (QED) is 0.299. The molecule has 0 aliphatic heterocycles. The second-order valence-electron chi connectivity index (χ2n) is 3.75. The van der Waals surface area contributed by atoms with Crippen LogP contribution in [0.25, 0.3) is 0 Å². The van der Waals surface area contributed by atoms with Gasteiger partial charge in [-0.2, -0.15) is 4.98 Å². The summed E-state index contributed by atoms with van der Waals surface area (Å²) in [5, 5.41) is 8.83. The second-order valence-corrected chi connectivity index (χ2v) is 4.71. The lowest BCUT2D eigenvalue weighted by molar-refractivity contribution is 0.372. The van der Waals surface area contributed by atoms with E-state index in [0.717, 1.165) is 6.07 Å². The summed E-state index contributed by atoms with van der Waals surface area (Å²) in [6, 6.07) is 0.752. The number of halogens is 5. The Hall–Kier alpha value is -2.10. The average Bonchev–Trinajstić information content (AvgIpc) is 2.42. The summed E-state index contributed by atoms with van der Waals surface area (Å²) in [7, 11) is 0. The van der Waals surface area contributed by atoms with Crippen molar-refractivity contribution in [1.29, 1.82) is 0 Å². The van der Waals surface area contributed by atoms with Gasteiger partial charge in [0.25, 0.3) is 5.56 Å². The number of rotatable bonds is 3. The van der Waals surface area contributed by atoms with Crippen LogP contribution < -0.4 is 5.56 Å². The van der Waals surface area contributed by atoms with Crippen molar-refractivity contribution in [2.45, 2.75) is 10.9 Å². The molecule has 0 saturated carbocycles. The SMILES string of the molecule is O=c1cc(O)nc(SCc2c(F)c(F)c(F)c(F)c2F)[nH]1. The first-order chi connectivity index (χ1) is 9.81. The number of H-pyrrole nitrogens is 1. The highest BCUT2D eigenvalue weighted by molar-refractivity contribution is 7.98. The molecule has 0 atom stereocenters. The minimum atomic E-state index is -2.25. The lowest BCUT2D eigenvalue weighted by atomic mass is 10.2.